The number of hydrogen-bond acceptors (Lipinski definition) is 3. The summed E-state index contributed by atoms with van der Waals surface area (Å²) in [6.07, 6.45) is 3.09. The highest BCUT2D eigenvalue weighted by Crippen LogP contribution is 2.40. The number of aromatic nitrogens is 2. The number of nitrogens with zero attached hydrogens (tertiary/aromatic N) is 2. The quantitative estimate of drug-likeness (QED) is 0.782. The monoisotopic (exact) mass is 382 g/mol. The van der Waals surface area contributed by atoms with E-state index in [1.54, 1.807) is 22.9 Å². The second kappa shape index (κ2) is 7.78. The van der Waals surface area contributed by atoms with Crippen LogP contribution in [0.15, 0.2) is 30.3 Å². The van der Waals surface area contributed by atoms with E-state index < -0.39 is 0 Å². The number of nitrogens with one attached hydrogen (secondary N) is 2. The van der Waals surface area contributed by atoms with E-state index in [2.05, 4.69) is 10.6 Å². The fourth-order valence-electron chi connectivity index (χ4n) is 3.03. The molecule has 0 saturated heterocycles. The molecule has 0 bridgehead atoms. The van der Waals surface area contributed by atoms with Crippen molar-refractivity contribution in [1.29, 1.82) is 0 Å². The minimum atomic E-state index is -0.312. The van der Waals surface area contributed by atoms with Gasteiger partial charge in [0.15, 0.2) is 0 Å². The molecule has 1 aliphatic carbocycles. The second-order valence-corrected chi connectivity index (χ2v) is 8.59. The lowest BCUT2D eigenvalue weighted by atomic mass is 10.1. The molecule has 0 radical (unpaired) electrons. The van der Waals surface area contributed by atoms with Gasteiger partial charge in [0.2, 0.25) is 0 Å². The van der Waals surface area contributed by atoms with Crippen molar-refractivity contribution in [1.82, 2.24) is 15.1 Å². The van der Waals surface area contributed by atoms with Crippen molar-refractivity contribution < 1.29 is 9.59 Å². The van der Waals surface area contributed by atoms with E-state index in [1.807, 2.05) is 46.8 Å². The van der Waals surface area contributed by atoms with Gasteiger partial charge in [-0.25, -0.2) is 0 Å². The normalized spacial score (nSPS) is 15.2. The van der Waals surface area contributed by atoms with Crippen molar-refractivity contribution in [2.75, 3.05) is 5.32 Å². The highest BCUT2D eigenvalue weighted by atomic mass is 16.2. The van der Waals surface area contributed by atoms with Crippen LogP contribution in [0.2, 0.25) is 0 Å². The van der Waals surface area contributed by atoms with Gasteiger partial charge in [0.05, 0.1) is 22.5 Å². The zero-order chi connectivity index (χ0) is 20.5. The second-order valence-electron chi connectivity index (χ2n) is 8.59. The molecule has 1 aromatic heterocycles. The van der Waals surface area contributed by atoms with Crippen LogP contribution in [-0.2, 0) is 5.54 Å². The minimum Gasteiger partial charge on any atom is -0.350 e. The highest BCUT2D eigenvalue weighted by Gasteiger charge is 2.31. The molecule has 150 valence electrons. The summed E-state index contributed by atoms with van der Waals surface area (Å²) >= 11 is 0. The molecule has 0 spiro atoms. The molecule has 2 N–H and O–H groups in total. The molecule has 0 unspecified atom stereocenters. The number of anilines is 1. The molecule has 0 aliphatic heterocycles. The molecular weight excluding hydrogens is 352 g/mol. The maximum atomic E-state index is 13.1. The van der Waals surface area contributed by atoms with Crippen LogP contribution in [0.1, 0.15) is 86.3 Å². The lowest BCUT2D eigenvalue weighted by Crippen LogP contribution is -2.33. The molecule has 2 amide bonds. The Morgan fingerprint density at radius 3 is 2.50 bits per heavy atom. The highest BCUT2D eigenvalue weighted by molar-refractivity contribution is 6.08. The van der Waals surface area contributed by atoms with Gasteiger partial charge >= 0.3 is 0 Å². The van der Waals surface area contributed by atoms with Crippen molar-refractivity contribution >= 4 is 17.5 Å². The number of carbonyl (C=O) groups is 2. The molecule has 1 aromatic carbocycles. The molecule has 3 rings (SSSR count). The van der Waals surface area contributed by atoms with Gasteiger partial charge in [-0.05, 0) is 65.2 Å². The number of amides is 2. The molecule has 1 aliphatic rings. The fourth-order valence-corrected chi connectivity index (χ4v) is 3.03. The van der Waals surface area contributed by atoms with Gasteiger partial charge in [-0.15, -0.1) is 0 Å². The van der Waals surface area contributed by atoms with Crippen LogP contribution in [0.3, 0.4) is 0 Å². The Balaban J connectivity index is 1.87. The maximum Gasteiger partial charge on any atom is 0.273 e. The Kier molecular flexibility index (Phi) is 5.59. The summed E-state index contributed by atoms with van der Waals surface area (Å²) in [5.41, 5.74) is 2.14. The Hall–Kier alpha value is -2.63. The lowest BCUT2D eigenvalue weighted by molar-refractivity contribution is 0.0940. The van der Waals surface area contributed by atoms with Crippen molar-refractivity contribution in [3.8, 4) is 0 Å². The van der Waals surface area contributed by atoms with Gasteiger partial charge in [0.1, 0.15) is 5.69 Å². The average molecular weight is 383 g/mol. The smallest absolute Gasteiger partial charge is 0.273 e. The van der Waals surface area contributed by atoms with E-state index in [1.165, 1.54) is 0 Å². The molecule has 28 heavy (non-hydrogen) atoms. The molecule has 6 nitrogen and oxygen atoms in total. The number of carbonyl (C=O) groups excluding carboxylic acids is 2. The van der Waals surface area contributed by atoms with Gasteiger partial charge in [0.25, 0.3) is 11.8 Å². The van der Waals surface area contributed by atoms with E-state index in [0.29, 0.717) is 22.9 Å². The zero-order valence-corrected chi connectivity index (χ0v) is 17.4. The van der Waals surface area contributed by atoms with Crippen LogP contribution in [0.25, 0.3) is 0 Å². The predicted octanol–water partition coefficient (Wildman–Crippen LogP) is 4.30. The van der Waals surface area contributed by atoms with Crippen molar-refractivity contribution in [2.45, 2.75) is 71.4 Å². The first-order chi connectivity index (χ1) is 13.2. The standard InChI is InChI=1S/C22H30N4O2/c1-6-14(2)23-20(27)16-9-7-8-10-17(16)24-21(28)19-13-18(15-11-12-15)25-26(19)22(3,4)5/h7-10,13-15H,6,11-12H2,1-5H3,(H,23,27)(H,24,28)/t14-/m1/s1. The molecule has 1 fully saturated rings. The third-order valence-corrected chi connectivity index (χ3v) is 5.00. The third-order valence-electron chi connectivity index (χ3n) is 5.00. The first-order valence-electron chi connectivity index (χ1n) is 10.0. The summed E-state index contributed by atoms with van der Waals surface area (Å²) in [5.74, 6) is 0.0232. The van der Waals surface area contributed by atoms with Gasteiger partial charge in [-0.3, -0.25) is 14.3 Å². The van der Waals surface area contributed by atoms with Gasteiger partial charge in [-0.1, -0.05) is 19.1 Å². The fraction of sp³-hybridized carbons (Fsp3) is 0.500. The first kappa shape index (κ1) is 20.1. The van der Waals surface area contributed by atoms with Crippen LogP contribution >= 0.6 is 0 Å². The van der Waals surface area contributed by atoms with E-state index >= 15 is 0 Å². The maximum absolute atomic E-state index is 13.1. The molecule has 2 aromatic rings. The Labute approximate surface area is 166 Å². The third kappa shape index (κ3) is 4.43. The Morgan fingerprint density at radius 2 is 1.89 bits per heavy atom. The van der Waals surface area contributed by atoms with Crippen molar-refractivity contribution in [3.05, 3.63) is 47.3 Å². The van der Waals surface area contributed by atoms with E-state index in [9.17, 15) is 9.59 Å². The summed E-state index contributed by atoms with van der Waals surface area (Å²) in [4.78, 5) is 25.7. The van der Waals surface area contributed by atoms with Gasteiger partial charge < -0.3 is 10.6 Å². The largest absolute Gasteiger partial charge is 0.350 e. The SMILES string of the molecule is CC[C@@H](C)NC(=O)c1ccccc1NC(=O)c1cc(C2CC2)nn1C(C)(C)C. The topological polar surface area (TPSA) is 76.0 Å². The lowest BCUT2D eigenvalue weighted by Gasteiger charge is -2.22. The molecular formula is C22H30N4O2. The van der Waals surface area contributed by atoms with Gasteiger partial charge in [-0.2, -0.15) is 5.10 Å². The van der Waals surface area contributed by atoms with Crippen molar-refractivity contribution in [3.63, 3.8) is 0 Å². The van der Waals surface area contributed by atoms with E-state index in [-0.39, 0.29) is 23.4 Å². The van der Waals surface area contributed by atoms with Crippen molar-refractivity contribution in [2.24, 2.45) is 0 Å². The Bertz CT molecular complexity index is 875. The molecule has 1 heterocycles. The summed E-state index contributed by atoms with van der Waals surface area (Å²) in [7, 11) is 0. The molecule has 1 atom stereocenters. The van der Waals surface area contributed by atoms with Crippen LogP contribution < -0.4 is 10.6 Å². The van der Waals surface area contributed by atoms with E-state index in [0.717, 1.165) is 25.0 Å². The summed E-state index contributed by atoms with van der Waals surface area (Å²) in [6.45, 7) is 10.1. The number of benzene rings is 1. The Morgan fingerprint density at radius 1 is 1.21 bits per heavy atom. The minimum absolute atomic E-state index is 0.0691. The summed E-state index contributed by atoms with van der Waals surface area (Å²) in [5, 5.41) is 10.6. The van der Waals surface area contributed by atoms with Crippen LogP contribution in [-0.4, -0.2) is 27.6 Å². The van der Waals surface area contributed by atoms with E-state index in [4.69, 9.17) is 5.10 Å². The predicted molar refractivity (Wildman–Crippen MR) is 111 cm³/mol. The first-order valence-corrected chi connectivity index (χ1v) is 10.0. The summed E-state index contributed by atoms with van der Waals surface area (Å²) < 4.78 is 1.79. The van der Waals surface area contributed by atoms with Crippen LogP contribution in [0, 0.1) is 0 Å². The van der Waals surface area contributed by atoms with Crippen LogP contribution in [0.5, 0.6) is 0 Å². The van der Waals surface area contributed by atoms with Gasteiger partial charge in [0, 0.05) is 12.0 Å². The number of para-hydroxylation sites is 1. The number of hydrogen-bond donors (Lipinski definition) is 2. The average Bonchev–Trinajstić information content (AvgIpc) is 3.38. The molecule has 6 heteroatoms. The van der Waals surface area contributed by atoms with Crippen LogP contribution in [0.4, 0.5) is 5.69 Å². The zero-order valence-electron chi connectivity index (χ0n) is 17.4. The summed E-state index contributed by atoms with van der Waals surface area (Å²) in [6, 6.07) is 9.05. The number of rotatable bonds is 6. The molecule has 1 saturated carbocycles.